The molecule has 1 heterocycles. The highest BCUT2D eigenvalue weighted by Gasteiger charge is 2.29. The van der Waals surface area contributed by atoms with Crippen LogP contribution in [-0.2, 0) is 6.42 Å². The summed E-state index contributed by atoms with van der Waals surface area (Å²) in [6, 6.07) is 8.96. The Balaban J connectivity index is 1.99. The fraction of sp³-hybridized carbons (Fsp3) is 0.647. The van der Waals surface area contributed by atoms with E-state index in [0.29, 0.717) is 0 Å². The number of hydrogen-bond acceptors (Lipinski definition) is 3. The van der Waals surface area contributed by atoms with Gasteiger partial charge in [0.15, 0.2) is 0 Å². The standard InChI is InChI=1S/C17H29N3/c1-5-15-6-8-16(9-7-15)19(4)14-17(2,3)20-12-10-18-11-13-20/h6-9,18H,5,10-14H2,1-4H3. The Morgan fingerprint density at radius 1 is 1.15 bits per heavy atom. The van der Waals surface area contributed by atoms with Crippen LogP contribution >= 0.6 is 0 Å². The van der Waals surface area contributed by atoms with Crippen molar-refractivity contribution in [2.45, 2.75) is 32.7 Å². The first-order chi connectivity index (χ1) is 9.53. The molecule has 1 aliphatic rings. The van der Waals surface area contributed by atoms with E-state index in [4.69, 9.17) is 0 Å². The minimum atomic E-state index is 0.209. The molecule has 0 radical (unpaired) electrons. The Hall–Kier alpha value is -1.06. The molecule has 0 aromatic heterocycles. The molecule has 3 nitrogen and oxygen atoms in total. The normalized spacial score (nSPS) is 17.2. The van der Waals surface area contributed by atoms with Crippen LogP contribution in [0.3, 0.4) is 0 Å². The lowest BCUT2D eigenvalue weighted by Gasteiger charge is -2.43. The van der Waals surface area contributed by atoms with E-state index in [1.807, 2.05) is 0 Å². The molecule has 2 rings (SSSR count). The van der Waals surface area contributed by atoms with Crippen LogP contribution in [0.15, 0.2) is 24.3 Å². The fourth-order valence-electron chi connectivity index (χ4n) is 3.03. The molecule has 0 saturated carbocycles. The van der Waals surface area contributed by atoms with Crippen LogP contribution < -0.4 is 10.2 Å². The van der Waals surface area contributed by atoms with E-state index < -0.39 is 0 Å². The summed E-state index contributed by atoms with van der Waals surface area (Å²) in [5.74, 6) is 0. The molecule has 112 valence electrons. The minimum Gasteiger partial charge on any atom is -0.373 e. The number of likely N-dealkylation sites (N-methyl/N-ethyl adjacent to an activating group) is 1. The predicted octanol–water partition coefficient (Wildman–Crippen LogP) is 2.37. The Kier molecular flexibility index (Phi) is 5.06. The zero-order valence-corrected chi connectivity index (χ0v) is 13.4. The van der Waals surface area contributed by atoms with Gasteiger partial charge in [-0.05, 0) is 38.0 Å². The third-order valence-electron chi connectivity index (χ3n) is 4.38. The molecule has 1 N–H and O–H groups in total. The molecular weight excluding hydrogens is 246 g/mol. The summed E-state index contributed by atoms with van der Waals surface area (Å²) in [4.78, 5) is 4.97. The number of piperazine rings is 1. The first-order valence-corrected chi connectivity index (χ1v) is 7.79. The zero-order chi connectivity index (χ0) is 14.6. The van der Waals surface area contributed by atoms with Gasteiger partial charge in [0.1, 0.15) is 0 Å². The van der Waals surface area contributed by atoms with Crippen molar-refractivity contribution in [3.63, 3.8) is 0 Å². The summed E-state index contributed by atoms with van der Waals surface area (Å²) >= 11 is 0. The quantitative estimate of drug-likeness (QED) is 0.890. The SMILES string of the molecule is CCc1ccc(N(C)CC(C)(C)N2CCNCC2)cc1. The van der Waals surface area contributed by atoms with E-state index in [9.17, 15) is 0 Å². The van der Waals surface area contributed by atoms with Gasteiger partial charge in [0.2, 0.25) is 0 Å². The summed E-state index contributed by atoms with van der Waals surface area (Å²) in [7, 11) is 2.20. The lowest BCUT2D eigenvalue weighted by molar-refractivity contribution is 0.109. The molecule has 20 heavy (non-hydrogen) atoms. The average Bonchev–Trinajstić information content (AvgIpc) is 2.48. The van der Waals surface area contributed by atoms with Gasteiger partial charge in [-0.15, -0.1) is 0 Å². The number of aryl methyl sites for hydroxylation is 1. The van der Waals surface area contributed by atoms with E-state index in [2.05, 4.69) is 67.2 Å². The van der Waals surface area contributed by atoms with E-state index in [0.717, 1.165) is 39.1 Å². The maximum Gasteiger partial charge on any atom is 0.0364 e. The summed E-state index contributed by atoms with van der Waals surface area (Å²) in [6.45, 7) is 12.5. The van der Waals surface area contributed by atoms with Crippen LogP contribution in [0.4, 0.5) is 5.69 Å². The molecule has 1 aliphatic heterocycles. The molecule has 3 heteroatoms. The maximum absolute atomic E-state index is 3.43. The van der Waals surface area contributed by atoms with E-state index in [-0.39, 0.29) is 5.54 Å². The highest BCUT2D eigenvalue weighted by molar-refractivity contribution is 5.47. The van der Waals surface area contributed by atoms with Crippen LogP contribution in [0, 0.1) is 0 Å². The molecular formula is C17H29N3. The van der Waals surface area contributed by atoms with Crippen molar-refractivity contribution in [2.75, 3.05) is 44.7 Å². The second-order valence-corrected chi connectivity index (χ2v) is 6.43. The maximum atomic E-state index is 3.43. The number of benzene rings is 1. The Bertz CT molecular complexity index is 405. The van der Waals surface area contributed by atoms with Crippen molar-refractivity contribution in [2.24, 2.45) is 0 Å². The molecule has 0 atom stereocenters. The van der Waals surface area contributed by atoms with Crippen molar-refractivity contribution in [1.82, 2.24) is 10.2 Å². The van der Waals surface area contributed by atoms with Crippen LogP contribution in [0.5, 0.6) is 0 Å². The van der Waals surface area contributed by atoms with Gasteiger partial charge < -0.3 is 10.2 Å². The van der Waals surface area contributed by atoms with Gasteiger partial charge in [0, 0.05) is 51.0 Å². The van der Waals surface area contributed by atoms with Crippen molar-refractivity contribution in [3.8, 4) is 0 Å². The van der Waals surface area contributed by atoms with Crippen molar-refractivity contribution in [1.29, 1.82) is 0 Å². The summed E-state index contributed by atoms with van der Waals surface area (Å²) < 4.78 is 0. The molecule has 0 spiro atoms. The predicted molar refractivity (Wildman–Crippen MR) is 87.6 cm³/mol. The topological polar surface area (TPSA) is 18.5 Å². The first-order valence-electron chi connectivity index (χ1n) is 7.79. The lowest BCUT2D eigenvalue weighted by Crippen LogP contribution is -2.57. The Morgan fingerprint density at radius 3 is 2.30 bits per heavy atom. The van der Waals surface area contributed by atoms with Gasteiger partial charge in [0.05, 0.1) is 0 Å². The van der Waals surface area contributed by atoms with Crippen LogP contribution in [0.25, 0.3) is 0 Å². The van der Waals surface area contributed by atoms with Crippen LogP contribution in [-0.4, -0.2) is 50.2 Å². The van der Waals surface area contributed by atoms with E-state index in [1.54, 1.807) is 0 Å². The molecule has 1 saturated heterocycles. The highest BCUT2D eigenvalue weighted by Crippen LogP contribution is 2.21. The molecule has 1 aromatic carbocycles. The largest absolute Gasteiger partial charge is 0.373 e. The van der Waals surface area contributed by atoms with Gasteiger partial charge in [-0.3, -0.25) is 4.90 Å². The summed E-state index contributed by atoms with van der Waals surface area (Å²) in [6.07, 6.45) is 1.11. The number of hydrogen-bond donors (Lipinski definition) is 1. The molecule has 0 aliphatic carbocycles. The number of anilines is 1. The summed E-state index contributed by atoms with van der Waals surface area (Å²) in [5, 5.41) is 3.43. The molecule has 1 fully saturated rings. The first kappa shape index (κ1) is 15.3. The van der Waals surface area contributed by atoms with Gasteiger partial charge in [-0.1, -0.05) is 19.1 Å². The van der Waals surface area contributed by atoms with Crippen molar-refractivity contribution >= 4 is 5.69 Å². The second kappa shape index (κ2) is 6.59. The molecule has 0 unspecified atom stereocenters. The van der Waals surface area contributed by atoms with E-state index in [1.165, 1.54) is 11.3 Å². The monoisotopic (exact) mass is 275 g/mol. The van der Waals surface area contributed by atoms with Gasteiger partial charge in [0.25, 0.3) is 0 Å². The minimum absolute atomic E-state index is 0.209. The lowest BCUT2D eigenvalue weighted by atomic mass is 10.0. The number of rotatable bonds is 5. The van der Waals surface area contributed by atoms with E-state index >= 15 is 0 Å². The Labute approximate surface area is 124 Å². The second-order valence-electron chi connectivity index (χ2n) is 6.43. The van der Waals surface area contributed by atoms with Crippen LogP contribution in [0.1, 0.15) is 26.3 Å². The smallest absolute Gasteiger partial charge is 0.0364 e. The molecule has 0 bridgehead atoms. The zero-order valence-electron chi connectivity index (χ0n) is 13.4. The van der Waals surface area contributed by atoms with Crippen LogP contribution in [0.2, 0.25) is 0 Å². The van der Waals surface area contributed by atoms with Gasteiger partial charge in [-0.25, -0.2) is 0 Å². The summed E-state index contributed by atoms with van der Waals surface area (Å²) in [5.41, 5.74) is 2.93. The van der Waals surface area contributed by atoms with Gasteiger partial charge in [-0.2, -0.15) is 0 Å². The third kappa shape index (κ3) is 3.74. The average molecular weight is 275 g/mol. The molecule has 0 amide bonds. The third-order valence-corrected chi connectivity index (χ3v) is 4.38. The van der Waals surface area contributed by atoms with Gasteiger partial charge >= 0.3 is 0 Å². The Morgan fingerprint density at radius 2 is 1.75 bits per heavy atom. The highest BCUT2D eigenvalue weighted by atomic mass is 15.3. The molecule has 1 aromatic rings. The van der Waals surface area contributed by atoms with Crippen molar-refractivity contribution < 1.29 is 0 Å². The fourth-order valence-corrected chi connectivity index (χ4v) is 3.03. The number of nitrogens with one attached hydrogen (secondary N) is 1. The van der Waals surface area contributed by atoms with Crippen molar-refractivity contribution in [3.05, 3.63) is 29.8 Å². The number of nitrogens with zero attached hydrogens (tertiary/aromatic N) is 2.